The second-order valence-corrected chi connectivity index (χ2v) is 8.18. The van der Waals surface area contributed by atoms with Gasteiger partial charge >= 0.3 is 5.97 Å². The molecule has 5 rings (SSSR count). The molecule has 0 spiro atoms. The van der Waals surface area contributed by atoms with Gasteiger partial charge in [0.15, 0.2) is 11.4 Å². The molecule has 2 heterocycles. The van der Waals surface area contributed by atoms with Crippen LogP contribution in [0.5, 0.6) is 0 Å². The van der Waals surface area contributed by atoms with Crippen molar-refractivity contribution in [3.8, 4) is 0 Å². The molecule has 0 bridgehead atoms. The van der Waals surface area contributed by atoms with Crippen molar-refractivity contribution in [2.24, 2.45) is 0 Å². The number of para-hydroxylation sites is 2. The molecular formula is C25H21N5O3. The Morgan fingerprint density at radius 3 is 2.33 bits per heavy atom. The predicted octanol–water partition coefficient (Wildman–Crippen LogP) is 3.85. The van der Waals surface area contributed by atoms with Crippen molar-refractivity contribution in [3.63, 3.8) is 0 Å². The van der Waals surface area contributed by atoms with Gasteiger partial charge in [0, 0.05) is 10.8 Å². The zero-order valence-electron chi connectivity index (χ0n) is 18.1. The number of benzene rings is 3. The lowest BCUT2D eigenvalue weighted by Gasteiger charge is -2.26. The molecule has 0 fully saturated rings. The zero-order valence-corrected chi connectivity index (χ0v) is 18.1. The van der Waals surface area contributed by atoms with Crippen LogP contribution in [0.25, 0.3) is 21.8 Å². The van der Waals surface area contributed by atoms with E-state index in [1.54, 1.807) is 30.3 Å². The van der Waals surface area contributed by atoms with E-state index in [2.05, 4.69) is 20.6 Å². The van der Waals surface area contributed by atoms with E-state index in [-0.39, 0.29) is 17.3 Å². The molecule has 0 saturated carbocycles. The molecule has 0 aliphatic carbocycles. The van der Waals surface area contributed by atoms with E-state index in [0.717, 1.165) is 15.9 Å². The van der Waals surface area contributed by atoms with Crippen molar-refractivity contribution < 1.29 is 14.4 Å². The van der Waals surface area contributed by atoms with Crippen molar-refractivity contribution in [2.45, 2.75) is 19.4 Å². The van der Waals surface area contributed by atoms with Crippen LogP contribution in [-0.2, 0) is 5.54 Å². The van der Waals surface area contributed by atoms with Gasteiger partial charge in [-0.15, -0.1) is 5.10 Å². The Morgan fingerprint density at radius 1 is 0.879 bits per heavy atom. The number of carbonyl (C=O) groups excluding carboxylic acids is 2. The highest BCUT2D eigenvalue weighted by Crippen LogP contribution is 2.23. The summed E-state index contributed by atoms with van der Waals surface area (Å²) >= 11 is 0. The first-order valence-corrected chi connectivity index (χ1v) is 10.5. The number of aromatic nitrogens is 4. The first-order chi connectivity index (χ1) is 15.9. The summed E-state index contributed by atoms with van der Waals surface area (Å²) in [7, 11) is 0. The van der Waals surface area contributed by atoms with Crippen LogP contribution in [0.1, 0.15) is 40.4 Å². The lowest BCUT2D eigenvalue weighted by molar-refractivity contribution is 0.0410. The smallest absolute Gasteiger partial charge is 0.342 e. The van der Waals surface area contributed by atoms with Crippen LogP contribution in [0.3, 0.4) is 0 Å². The number of hydrogen-bond acceptors (Lipinski definition) is 5. The molecule has 0 aliphatic heterocycles. The predicted molar refractivity (Wildman–Crippen MR) is 124 cm³/mol. The van der Waals surface area contributed by atoms with Gasteiger partial charge in [0.25, 0.3) is 5.91 Å². The van der Waals surface area contributed by atoms with Gasteiger partial charge in [-0.05, 0) is 31.5 Å². The van der Waals surface area contributed by atoms with E-state index < -0.39 is 11.5 Å². The van der Waals surface area contributed by atoms with Crippen molar-refractivity contribution in [2.75, 3.05) is 0 Å². The van der Waals surface area contributed by atoms with Gasteiger partial charge in [0.05, 0.1) is 11.1 Å². The van der Waals surface area contributed by atoms with Crippen molar-refractivity contribution in [1.29, 1.82) is 0 Å². The van der Waals surface area contributed by atoms with Crippen LogP contribution in [-0.4, -0.2) is 32.0 Å². The molecule has 8 nitrogen and oxygen atoms in total. The summed E-state index contributed by atoms with van der Waals surface area (Å²) in [6.45, 7) is 3.84. The molecule has 0 unspecified atom stereocenters. The monoisotopic (exact) mass is 439 g/mol. The summed E-state index contributed by atoms with van der Waals surface area (Å²) < 4.78 is 0. The molecule has 0 atom stereocenters. The SMILES string of the molecule is CC(C)(NC(=O)c1nn(OC(=O)c2n[nH]c3ccccc23)c2ccccc12)c1ccccc1. The Hall–Kier alpha value is -4.46. The van der Waals surface area contributed by atoms with E-state index in [4.69, 9.17) is 4.84 Å². The maximum absolute atomic E-state index is 13.2. The van der Waals surface area contributed by atoms with Crippen LogP contribution in [0.15, 0.2) is 78.9 Å². The third-order valence-electron chi connectivity index (χ3n) is 5.53. The third-order valence-corrected chi connectivity index (χ3v) is 5.53. The first-order valence-electron chi connectivity index (χ1n) is 10.5. The number of rotatable bonds is 5. The fourth-order valence-corrected chi connectivity index (χ4v) is 3.79. The summed E-state index contributed by atoms with van der Waals surface area (Å²) in [5.41, 5.74) is 1.84. The summed E-state index contributed by atoms with van der Waals surface area (Å²) in [5, 5.41) is 15.4. The average Bonchev–Trinajstić information content (AvgIpc) is 3.42. The molecule has 33 heavy (non-hydrogen) atoms. The second-order valence-electron chi connectivity index (χ2n) is 8.18. The number of nitrogens with one attached hydrogen (secondary N) is 2. The molecule has 0 aliphatic rings. The van der Waals surface area contributed by atoms with Crippen LogP contribution >= 0.6 is 0 Å². The number of H-pyrrole nitrogens is 1. The van der Waals surface area contributed by atoms with Crippen molar-refractivity contribution >= 4 is 33.7 Å². The molecular weight excluding hydrogens is 418 g/mol. The van der Waals surface area contributed by atoms with Gasteiger partial charge in [-0.1, -0.05) is 71.6 Å². The molecule has 0 radical (unpaired) electrons. The fraction of sp³-hybridized carbons (Fsp3) is 0.120. The average molecular weight is 439 g/mol. The lowest BCUT2D eigenvalue weighted by Crippen LogP contribution is -2.41. The van der Waals surface area contributed by atoms with E-state index in [1.807, 2.05) is 62.4 Å². The molecule has 2 aromatic heterocycles. The molecule has 2 N–H and O–H groups in total. The third kappa shape index (κ3) is 3.71. The lowest BCUT2D eigenvalue weighted by atomic mass is 9.94. The molecule has 164 valence electrons. The van der Waals surface area contributed by atoms with E-state index in [0.29, 0.717) is 16.3 Å². The van der Waals surface area contributed by atoms with E-state index in [9.17, 15) is 9.59 Å². The Balaban J connectivity index is 1.47. The largest absolute Gasteiger partial charge is 0.386 e. The second kappa shape index (κ2) is 7.90. The maximum atomic E-state index is 13.2. The zero-order chi connectivity index (χ0) is 23.0. The van der Waals surface area contributed by atoms with Gasteiger partial charge in [-0.3, -0.25) is 9.89 Å². The number of amides is 1. The van der Waals surface area contributed by atoms with E-state index in [1.165, 1.54) is 0 Å². The highest BCUT2D eigenvalue weighted by molar-refractivity contribution is 6.06. The van der Waals surface area contributed by atoms with Crippen molar-refractivity contribution in [1.82, 2.24) is 25.5 Å². The minimum atomic E-state index is -0.683. The quantitative estimate of drug-likeness (QED) is 0.433. The highest BCUT2D eigenvalue weighted by Gasteiger charge is 2.27. The summed E-state index contributed by atoms with van der Waals surface area (Å²) in [6.07, 6.45) is 0. The maximum Gasteiger partial charge on any atom is 0.386 e. The molecule has 8 heteroatoms. The normalized spacial score (nSPS) is 11.6. The van der Waals surface area contributed by atoms with Gasteiger partial charge in [-0.2, -0.15) is 5.10 Å². The summed E-state index contributed by atoms with van der Waals surface area (Å²) in [6, 6.07) is 24.0. The fourth-order valence-electron chi connectivity index (χ4n) is 3.79. The van der Waals surface area contributed by atoms with Crippen LogP contribution in [0, 0.1) is 0 Å². The standard InChI is InChI=1S/C25H21N5O3/c1-25(2,16-10-4-3-5-11-16)26-23(31)21-18-13-7-9-15-20(18)30(29-21)33-24(32)22-17-12-6-8-14-19(17)27-28-22/h3-15H,1-2H3,(H,26,31)(H,27,28). The van der Waals surface area contributed by atoms with Gasteiger partial charge in [0.2, 0.25) is 0 Å². The Kier molecular flexibility index (Phi) is 4.90. The van der Waals surface area contributed by atoms with Gasteiger partial charge < -0.3 is 10.2 Å². The van der Waals surface area contributed by atoms with Gasteiger partial charge in [0.1, 0.15) is 5.52 Å². The highest BCUT2D eigenvalue weighted by atomic mass is 16.7. The molecule has 3 aromatic carbocycles. The van der Waals surface area contributed by atoms with Gasteiger partial charge in [-0.25, -0.2) is 4.79 Å². The molecule has 5 aromatic rings. The minimum absolute atomic E-state index is 0.140. The summed E-state index contributed by atoms with van der Waals surface area (Å²) in [4.78, 5) is 32.7. The number of aromatic amines is 1. The number of hydrogen-bond donors (Lipinski definition) is 2. The number of carbonyl (C=O) groups is 2. The van der Waals surface area contributed by atoms with Crippen LogP contribution in [0.2, 0.25) is 0 Å². The Labute approximate surface area is 189 Å². The van der Waals surface area contributed by atoms with Crippen molar-refractivity contribution in [3.05, 3.63) is 95.8 Å². The van der Waals surface area contributed by atoms with E-state index >= 15 is 0 Å². The Morgan fingerprint density at radius 2 is 1.55 bits per heavy atom. The minimum Gasteiger partial charge on any atom is -0.342 e. The summed E-state index contributed by atoms with van der Waals surface area (Å²) in [5.74, 6) is -1.06. The number of fused-ring (bicyclic) bond motifs is 2. The topological polar surface area (TPSA) is 102 Å². The molecule has 1 amide bonds. The van der Waals surface area contributed by atoms with Crippen LogP contribution < -0.4 is 10.2 Å². The van der Waals surface area contributed by atoms with Crippen LogP contribution in [0.4, 0.5) is 0 Å². The molecule has 0 saturated heterocycles. The Bertz CT molecular complexity index is 1480. The number of nitrogens with zero attached hydrogens (tertiary/aromatic N) is 3. The first kappa shape index (κ1) is 20.4.